The molecule has 0 saturated carbocycles. The first-order valence-electron chi connectivity index (χ1n) is 7.28. The van der Waals surface area contributed by atoms with Crippen molar-refractivity contribution in [1.82, 2.24) is 10.2 Å². The average Bonchev–Trinajstić information content (AvgIpc) is 2.44. The molecular weight excluding hydrogens is 220 g/mol. The summed E-state index contributed by atoms with van der Waals surface area (Å²) in [6.45, 7) is 11.4. The highest BCUT2D eigenvalue weighted by Gasteiger charge is 2.22. The second-order valence-electron chi connectivity index (χ2n) is 5.37. The molecule has 2 heteroatoms. The Balaban J connectivity index is 2.10. The molecule has 2 rings (SSSR count). The zero-order chi connectivity index (χ0) is 13.0. The Bertz CT molecular complexity index is 375. The minimum Gasteiger partial charge on any atom is -0.312 e. The number of likely N-dealkylation sites (N-methyl/N-ethyl adjacent to an activating group) is 1. The monoisotopic (exact) mass is 246 g/mol. The van der Waals surface area contributed by atoms with Gasteiger partial charge in [-0.1, -0.05) is 38.1 Å². The molecule has 0 fully saturated rings. The van der Waals surface area contributed by atoms with Crippen molar-refractivity contribution in [2.45, 2.75) is 45.7 Å². The molecule has 0 saturated heterocycles. The standard InChI is InChI=1S/C16H26N2/c1-4-13(3)18(5-2)12-15-11-17-10-14-8-6-7-9-16(14)15/h6-9,13,15,17H,4-5,10-12H2,1-3H3. The van der Waals surface area contributed by atoms with Gasteiger partial charge in [0, 0.05) is 31.6 Å². The molecule has 18 heavy (non-hydrogen) atoms. The van der Waals surface area contributed by atoms with Gasteiger partial charge in [-0.05, 0) is 31.0 Å². The zero-order valence-corrected chi connectivity index (χ0v) is 11.9. The topological polar surface area (TPSA) is 15.3 Å². The third-order valence-electron chi connectivity index (χ3n) is 4.28. The molecule has 0 aliphatic carbocycles. The van der Waals surface area contributed by atoms with Gasteiger partial charge in [0.05, 0.1) is 0 Å². The Labute approximate surface area is 111 Å². The number of nitrogens with one attached hydrogen (secondary N) is 1. The van der Waals surface area contributed by atoms with E-state index >= 15 is 0 Å². The highest BCUT2D eigenvalue weighted by atomic mass is 15.1. The molecule has 1 aromatic rings. The van der Waals surface area contributed by atoms with Gasteiger partial charge in [0.1, 0.15) is 0 Å². The molecule has 1 N–H and O–H groups in total. The zero-order valence-electron chi connectivity index (χ0n) is 11.9. The highest BCUT2D eigenvalue weighted by molar-refractivity contribution is 5.32. The van der Waals surface area contributed by atoms with E-state index in [-0.39, 0.29) is 0 Å². The van der Waals surface area contributed by atoms with Crippen molar-refractivity contribution >= 4 is 0 Å². The van der Waals surface area contributed by atoms with Gasteiger partial charge in [-0.25, -0.2) is 0 Å². The molecule has 0 amide bonds. The predicted octanol–water partition coefficient (Wildman–Crippen LogP) is 2.99. The maximum Gasteiger partial charge on any atom is 0.0208 e. The fraction of sp³-hybridized carbons (Fsp3) is 0.625. The molecule has 2 nitrogen and oxygen atoms in total. The summed E-state index contributed by atoms with van der Waals surface area (Å²) in [7, 11) is 0. The molecule has 0 bridgehead atoms. The van der Waals surface area contributed by atoms with Crippen LogP contribution in [0.15, 0.2) is 24.3 Å². The Hall–Kier alpha value is -0.860. The van der Waals surface area contributed by atoms with Crippen LogP contribution in [0.1, 0.15) is 44.2 Å². The first kappa shape index (κ1) is 13.6. The summed E-state index contributed by atoms with van der Waals surface area (Å²) < 4.78 is 0. The van der Waals surface area contributed by atoms with Crippen LogP contribution < -0.4 is 5.32 Å². The Morgan fingerprint density at radius 1 is 1.33 bits per heavy atom. The average molecular weight is 246 g/mol. The lowest BCUT2D eigenvalue weighted by atomic mass is 9.90. The van der Waals surface area contributed by atoms with Crippen LogP contribution in [0, 0.1) is 0 Å². The van der Waals surface area contributed by atoms with Gasteiger partial charge in [-0.3, -0.25) is 0 Å². The van der Waals surface area contributed by atoms with E-state index in [9.17, 15) is 0 Å². The van der Waals surface area contributed by atoms with E-state index in [1.165, 1.54) is 18.5 Å². The van der Waals surface area contributed by atoms with E-state index in [2.05, 4.69) is 55.3 Å². The van der Waals surface area contributed by atoms with Gasteiger partial charge in [0.25, 0.3) is 0 Å². The normalized spacial score (nSPS) is 20.8. The number of hydrogen-bond acceptors (Lipinski definition) is 2. The molecule has 1 aliphatic heterocycles. The van der Waals surface area contributed by atoms with Crippen LogP contribution in [-0.4, -0.2) is 30.6 Å². The van der Waals surface area contributed by atoms with Gasteiger partial charge in [0.2, 0.25) is 0 Å². The van der Waals surface area contributed by atoms with Crippen LogP contribution in [0.2, 0.25) is 0 Å². The molecule has 1 aliphatic rings. The number of benzene rings is 1. The molecule has 0 spiro atoms. The second kappa shape index (κ2) is 6.35. The van der Waals surface area contributed by atoms with Crippen molar-refractivity contribution in [3.63, 3.8) is 0 Å². The predicted molar refractivity (Wildman–Crippen MR) is 77.9 cm³/mol. The molecule has 2 atom stereocenters. The minimum absolute atomic E-state index is 0.642. The Kier molecular flexibility index (Phi) is 4.79. The van der Waals surface area contributed by atoms with Crippen molar-refractivity contribution in [1.29, 1.82) is 0 Å². The third kappa shape index (κ3) is 2.93. The lowest BCUT2D eigenvalue weighted by Gasteiger charge is -2.34. The second-order valence-corrected chi connectivity index (χ2v) is 5.37. The molecule has 1 aromatic carbocycles. The summed E-state index contributed by atoms with van der Waals surface area (Å²) in [6.07, 6.45) is 1.23. The summed E-state index contributed by atoms with van der Waals surface area (Å²) in [5.41, 5.74) is 3.03. The van der Waals surface area contributed by atoms with E-state index in [4.69, 9.17) is 0 Å². The van der Waals surface area contributed by atoms with E-state index in [0.29, 0.717) is 12.0 Å². The Morgan fingerprint density at radius 3 is 2.83 bits per heavy atom. The van der Waals surface area contributed by atoms with Gasteiger partial charge < -0.3 is 10.2 Å². The first-order valence-corrected chi connectivity index (χ1v) is 7.28. The number of nitrogens with zero attached hydrogens (tertiary/aromatic N) is 1. The van der Waals surface area contributed by atoms with E-state index in [1.807, 2.05) is 0 Å². The fourth-order valence-electron chi connectivity index (χ4n) is 2.91. The summed E-state index contributed by atoms with van der Waals surface area (Å²) in [5.74, 6) is 0.642. The summed E-state index contributed by atoms with van der Waals surface area (Å²) in [4.78, 5) is 2.61. The maximum absolute atomic E-state index is 3.55. The van der Waals surface area contributed by atoms with E-state index < -0.39 is 0 Å². The number of rotatable bonds is 5. The van der Waals surface area contributed by atoms with Crippen molar-refractivity contribution in [3.05, 3.63) is 35.4 Å². The minimum atomic E-state index is 0.642. The molecule has 2 unspecified atom stereocenters. The van der Waals surface area contributed by atoms with Crippen molar-refractivity contribution in [3.8, 4) is 0 Å². The van der Waals surface area contributed by atoms with Crippen LogP contribution in [-0.2, 0) is 6.54 Å². The van der Waals surface area contributed by atoms with Crippen molar-refractivity contribution in [2.24, 2.45) is 0 Å². The van der Waals surface area contributed by atoms with Gasteiger partial charge in [-0.15, -0.1) is 0 Å². The van der Waals surface area contributed by atoms with Crippen LogP contribution in [0.25, 0.3) is 0 Å². The lowest BCUT2D eigenvalue weighted by molar-refractivity contribution is 0.197. The van der Waals surface area contributed by atoms with Crippen LogP contribution in [0.4, 0.5) is 0 Å². The van der Waals surface area contributed by atoms with E-state index in [1.54, 1.807) is 5.56 Å². The first-order chi connectivity index (χ1) is 8.76. The van der Waals surface area contributed by atoms with Gasteiger partial charge in [-0.2, -0.15) is 0 Å². The molecule has 0 radical (unpaired) electrons. The van der Waals surface area contributed by atoms with Crippen molar-refractivity contribution in [2.75, 3.05) is 19.6 Å². The quantitative estimate of drug-likeness (QED) is 0.859. The summed E-state index contributed by atoms with van der Waals surface area (Å²) in [6, 6.07) is 9.58. The molecular formula is C16H26N2. The molecule has 0 aromatic heterocycles. The van der Waals surface area contributed by atoms with Gasteiger partial charge in [0.15, 0.2) is 0 Å². The molecule has 100 valence electrons. The van der Waals surface area contributed by atoms with Crippen molar-refractivity contribution < 1.29 is 0 Å². The lowest BCUT2D eigenvalue weighted by Crippen LogP contribution is -2.40. The fourth-order valence-corrected chi connectivity index (χ4v) is 2.91. The van der Waals surface area contributed by atoms with Crippen LogP contribution >= 0.6 is 0 Å². The number of fused-ring (bicyclic) bond motifs is 1. The Morgan fingerprint density at radius 2 is 2.11 bits per heavy atom. The number of hydrogen-bond donors (Lipinski definition) is 1. The summed E-state index contributed by atoms with van der Waals surface area (Å²) in [5, 5.41) is 3.55. The smallest absolute Gasteiger partial charge is 0.0208 e. The summed E-state index contributed by atoms with van der Waals surface area (Å²) >= 11 is 0. The maximum atomic E-state index is 3.55. The van der Waals surface area contributed by atoms with Crippen LogP contribution in [0.5, 0.6) is 0 Å². The highest BCUT2D eigenvalue weighted by Crippen LogP contribution is 2.25. The van der Waals surface area contributed by atoms with Gasteiger partial charge >= 0.3 is 0 Å². The largest absolute Gasteiger partial charge is 0.312 e. The SMILES string of the molecule is CCC(C)N(CC)CC1CNCc2ccccc21. The molecule has 1 heterocycles. The third-order valence-corrected chi connectivity index (χ3v) is 4.28. The van der Waals surface area contributed by atoms with Crippen LogP contribution in [0.3, 0.4) is 0 Å². The van der Waals surface area contributed by atoms with E-state index in [0.717, 1.165) is 19.6 Å².